The molecule has 0 unspecified atom stereocenters. The van der Waals surface area contributed by atoms with E-state index in [1.54, 1.807) is 60.4 Å². The number of nitrogens with zero attached hydrogens (tertiary/aromatic N) is 1. The lowest BCUT2D eigenvalue weighted by Gasteiger charge is -2.42. The molecular weight excluding hydrogens is 401 g/mol. The first-order valence-electron chi connectivity index (χ1n) is 8.95. The summed E-state index contributed by atoms with van der Waals surface area (Å²) >= 11 is 11.9. The molecule has 1 aliphatic rings. The number of rotatable bonds is 3. The van der Waals surface area contributed by atoms with E-state index >= 15 is 0 Å². The highest BCUT2D eigenvalue weighted by molar-refractivity contribution is 6.31. The second-order valence-electron chi connectivity index (χ2n) is 7.21. The fourth-order valence-corrected chi connectivity index (χ4v) is 3.62. The number of carbonyl (C=O) groups excluding carboxylic acids is 1. The summed E-state index contributed by atoms with van der Waals surface area (Å²) in [6.45, 7) is 2.37. The smallest absolute Gasteiger partial charge is 0.289 e. The molecule has 4 rings (SSSR count). The molecule has 1 saturated heterocycles. The minimum atomic E-state index is -1.06. The highest BCUT2D eigenvalue weighted by atomic mass is 35.5. The van der Waals surface area contributed by atoms with Gasteiger partial charge in [-0.25, -0.2) is 0 Å². The quantitative estimate of drug-likeness (QED) is 0.662. The maximum absolute atomic E-state index is 13.0. The summed E-state index contributed by atoms with van der Waals surface area (Å²) in [7, 11) is 0. The summed E-state index contributed by atoms with van der Waals surface area (Å²) in [5, 5.41) is 12.7. The highest BCUT2D eigenvalue weighted by Crippen LogP contribution is 2.29. The van der Waals surface area contributed by atoms with Gasteiger partial charge in [0.2, 0.25) is 0 Å². The Balaban J connectivity index is 1.54. The molecule has 2 aromatic carbocycles. The largest absolute Gasteiger partial charge is 0.486 e. The Hall–Kier alpha value is -2.21. The lowest BCUT2D eigenvalue weighted by atomic mass is 9.90. The molecule has 0 spiro atoms. The first kappa shape index (κ1) is 19.1. The van der Waals surface area contributed by atoms with Crippen molar-refractivity contribution in [3.63, 3.8) is 0 Å². The van der Waals surface area contributed by atoms with Crippen molar-refractivity contribution in [1.82, 2.24) is 4.90 Å². The fourth-order valence-electron chi connectivity index (χ4n) is 3.31. The molecule has 1 fully saturated rings. The highest BCUT2D eigenvalue weighted by Gasteiger charge is 2.41. The minimum absolute atomic E-state index is 0.240. The van der Waals surface area contributed by atoms with E-state index in [1.165, 1.54) is 0 Å². The zero-order valence-corrected chi connectivity index (χ0v) is 16.7. The van der Waals surface area contributed by atoms with E-state index in [-0.39, 0.29) is 18.2 Å². The third kappa shape index (κ3) is 3.83. The van der Waals surface area contributed by atoms with Crippen LogP contribution in [0.1, 0.15) is 23.9 Å². The number of benzene rings is 2. The van der Waals surface area contributed by atoms with Crippen molar-refractivity contribution in [1.29, 1.82) is 0 Å². The number of halogens is 2. The van der Waals surface area contributed by atoms with Crippen LogP contribution >= 0.6 is 23.2 Å². The third-order valence-corrected chi connectivity index (χ3v) is 5.52. The molecule has 1 N–H and O–H groups in total. The van der Waals surface area contributed by atoms with E-state index < -0.39 is 11.7 Å². The van der Waals surface area contributed by atoms with Crippen LogP contribution in [0.3, 0.4) is 0 Å². The average molecular weight is 420 g/mol. The van der Waals surface area contributed by atoms with Gasteiger partial charge in [0, 0.05) is 22.0 Å². The molecule has 28 heavy (non-hydrogen) atoms. The van der Waals surface area contributed by atoms with Crippen molar-refractivity contribution in [3.8, 4) is 5.75 Å². The molecule has 2 atom stereocenters. The Morgan fingerprint density at radius 1 is 1.18 bits per heavy atom. The van der Waals surface area contributed by atoms with Gasteiger partial charge in [-0.1, -0.05) is 23.2 Å². The molecule has 1 amide bonds. The summed E-state index contributed by atoms with van der Waals surface area (Å²) < 4.78 is 11.7. The van der Waals surface area contributed by atoms with E-state index in [2.05, 4.69) is 0 Å². The number of carbonyl (C=O) groups is 1. The summed E-state index contributed by atoms with van der Waals surface area (Å²) in [6, 6.07) is 13.8. The van der Waals surface area contributed by atoms with Crippen LogP contribution in [-0.4, -0.2) is 40.7 Å². The number of hydrogen-bond donors (Lipinski definition) is 1. The molecule has 0 aliphatic carbocycles. The molecule has 146 valence electrons. The van der Waals surface area contributed by atoms with Gasteiger partial charge >= 0.3 is 0 Å². The predicted octanol–water partition coefficient (Wildman–Crippen LogP) is 4.78. The SMILES string of the molecule is C[C@]1(O)CCN(C(=O)c2cc3cc(Cl)ccc3o2)C[C@@H]1Oc1ccc(Cl)cc1. The Morgan fingerprint density at radius 2 is 1.89 bits per heavy atom. The van der Waals surface area contributed by atoms with Crippen molar-refractivity contribution < 1.29 is 19.1 Å². The van der Waals surface area contributed by atoms with E-state index in [4.69, 9.17) is 32.4 Å². The van der Waals surface area contributed by atoms with Gasteiger partial charge in [0.15, 0.2) is 5.76 Å². The van der Waals surface area contributed by atoms with E-state index in [0.29, 0.717) is 34.3 Å². The van der Waals surface area contributed by atoms with Crippen LogP contribution in [0.25, 0.3) is 11.0 Å². The first-order chi connectivity index (χ1) is 13.3. The monoisotopic (exact) mass is 419 g/mol. The molecule has 1 aliphatic heterocycles. The van der Waals surface area contributed by atoms with Crippen molar-refractivity contribution in [2.24, 2.45) is 0 Å². The van der Waals surface area contributed by atoms with Crippen molar-refractivity contribution in [2.75, 3.05) is 13.1 Å². The number of fused-ring (bicyclic) bond motifs is 1. The van der Waals surface area contributed by atoms with Crippen LogP contribution in [0, 0.1) is 0 Å². The van der Waals surface area contributed by atoms with E-state index in [9.17, 15) is 9.90 Å². The van der Waals surface area contributed by atoms with Gasteiger partial charge in [0.1, 0.15) is 23.0 Å². The number of ether oxygens (including phenoxy) is 1. The maximum atomic E-state index is 13.0. The molecule has 0 bridgehead atoms. The molecule has 0 saturated carbocycles. The van der Waals surface area contributed by atoms with Gasteiger partial charge in [-0.15, -0.1) is 0 Å². The van der Waals surface area contributed by atoms with Crippen LogP contribution in [0.2, 0.25) is 10.0 Å². The minimum Gasteiger partial charge on any atom is -0.486 e. The number of furan rings is 1. The summed E-state index contributed by atoms with van der Waals surface area (Å²) in [5.41, 5.74) is -0.455. The predicted molar refractivity (Wildman–Crippen MR) is 108 cm³/mol. The zero-order valence-electron chi connectivity index (χ0n) is 15.2. The summed E-state index contributed by atoms with van der Waals surface area (Å²) in [5.74, 6) is 0.582. The standard InChI is InChI=1S/C21H19Cl2NO4/c1-21(26)8-9-24(12-19(21)27-16-5-2-14(22)3-6-16)20(25)18-11-13-10-15(23)4-7-17(13)28-18/h2-7,10-11,19,26H,8-9,12H2,1H3/t19-,21-/m0/s1. The fraction of sp³-hybridized carbons (Fsp3) is 0.286. The van der Waals surface area contributed by atoms with Gasteiger partial charge in [-0.2, -0.15) is 0 Å². The van der Waals surface area contributed by atoms with Crippen LogP contribution in [0.15, 0.2) is 52.9 Å². The van der Waals surface area contributed by atoms with Crippen LogP contribution < -0.4 is 4.74 Å². The van der Waals surface area contributed by atoms with Gasteiger partial charge in [-0.05, 0) is 61.9 Å². The maximum Gasteiger partial charge on any atom is 0.289 e. The molecule has 7 heteroatoms. The number of hydrogen-bond acceptors (Lipinski definition) is 4. The molecule has 3 aromatic rings. The molecule has 2 heterocycles. The molecule has 0 radical (unpaired) electrons. The van der Waals surface area contributed by atoms with Gasteiger partial charge in [-0.3, -0.25) is 4.79 Å². The Labute approximate surface area is 172 Å². The average Bonchev–Trinajstić information content (AvgIpc) is 3.07. The van der Waals surface area contributed by atoms with E-state index in [0.717, 1.165) is 5.39 Å². The normalized spacial score (nSPS) is 22.4. The third-order valence-electron chi connectivity index (χ3n) is 5.04. The lowest BCUT2D eigenvalue weighted by Crippen LogP contribution is -2.57. The number of amides is 1. The van der Waals surface area contributed by atoms with Crippen LogP contribution in [0.4, 0.5) is 0 Å². The summed E-state index contributed by atoms with van der Waals surface area (Å²) in [4.78, 5) is 14.6. The molecule has 5 nitrogen and oxygen atoms in total. The number of piperidine rings is 1. The number of aliphatic hydroxyl groups is 1. The molecular formula is C21H19Cl2NO4. The molecule has 1 aromatic heterocycles. The topological polar surface area (TPSA) is 62.9 Å². The van der Waals surface area contributed by atoms with Crippen molar-refractivity contribution in [2.45, 2.75) is 25.0 Å². The van der Waals surface area contributed by atoms with Crippen molar-refractivity contribution >= 4 is 40.1 Å². The zero-order chi connectivity index (χ0) is 19.9. The Morgan fingerprint density at radius 3 is 2.64 bits per heavy atom. The van der Waals surface area contributed by atoms with Gasteiger partial charge in [0.05, 0.1) is 6.54 Å². The lowest BCUT2D eigenvalue weighted by molar-refractivity contribution is -0.0884. The van der Waals surface area contributed by atoms with Gasteiger partial charge in [0.25, 0.3) is 5.91 Å². The van der Waals surface area contributed by atoms with E-state index in [1.807, 2.05) is 0 Å². The Bertz CT molecular complexity index is 1010. The number of likely N-dealkylation sites (tertiary alicyclic amines) is 1. The first-order valence-corrected chi connectivity index (χ1v) is 9.70. The van der Waals surface area contributed by atoms with Gasteiger partial charge < -0.3 is 19.2 Å². The van der Waals surface area contributed by atoms with Crippen LogP contribution in [-0.2, 0) is 0 Å². The van der Waals surface area contributed by atoms with Crippen LogP contribution in [0.5, 0.6) is 5.75 Å². The second-order valence-corrected chi connectivity index (χ2v) is 8.08. The van der Waals surface area contributed by atoms with Crippen molar-refractivity contribution in [3.05, 3.63) is 64.3 Å². The second kappa shape index (κ2) is 7.32. The summed E-state index contributed by atoms with van der Waals surface area (Å²) in [6.07, 6.45) is -0.187. The Kier molecular flexibility index (Phi) is 5.00.